The number of anilines is 1. The molecule has 1 aromatic carbocycles. The number of carboxylic acid groups (broad SMARTS) is 1. The van der Waals surface area contributed by atoms with Gasteiger partial charge in [-0.05, 0) is 0 Å². The molecule has 19 heteroatoms. The second-order valence-electron chi connectivity index (χ2n) is 10.0. The van der Waals surface area contributed by atoms with E-state index in [1.165, 1.54) is 3.61 Å². The molecule has 1 aromatic heterocycles. The number of aryl methyl sites for hydroxylation is 2. The molecular weight excluding hydrogens is 786 g/mol. The van der Waals surface area contributed by atoms with Gasteiger partial charge in [0.1, 0.15) is 0 Å². The molecule has 1 amide bonds. The second kappa shape index (κ2) is 13.5. The average molecular weight is 813 g/mol. The van der Waals surface area contributed by atoms with E-state index in [0.29, 0.717) is 32.9 Å². The van der Waals surface area contributed by atoms with Crippen LogP contribution in [-0.4, -0.2) is 97.3 Å². The van der Waals surface area contributed by atoms with Crippen LogP contribution in [0, 0.1) is 13.8 Å². The molecular formula is C26H27N3O11S4Te. The van der Waals surface area contributed by atoms with Gasteiger partial charge in [-0.25, -0.2) is 0 Å². The molecule has 4 rings (SSSR count). The number of fused-ring (bicyclic) bond motifs is 1. The van der Waals surface area contributed by atoms with Crippen molar-refractivity contribution in [2.75, 3.05) is 23.7 Å². The molecule has 3 heterocycles. The maximum absolute atomic E-state index is 13.3. The molecule has 0 atom stereocenters. The first-order valence-electron chi connectivity index (χ1n) is 12.9. The Labute approximate surface area is 277 Å². The van der Waals surface area contributed by atoms with Crippen LogP contribution < -0.4 is 23.3 Å². The van der Waals surface area contributed by atoms with Gasteiger partial charge in [0.2, 0.25) is 0 Å². The van der Waals surface area contributed by atoms with Crippen molar-refractivity contribution < 1.29 is 45.4 Å². The number of thiazole rings is 1. The van der Waals surface area contributed by atoms with Gasteiger partial charge in [-0.3, -0.25) is 4.79 Å². The number of ether oxygens (including phenoxy) is 1. The number of aliphatic carboxylic acids is 1. The molecule has 14 nitrogen and oxygen atoms in total. The third kappa shape index (κ3) is 8.29. The Kier molecular flexibility index (Phi) is 10.5. The Balaban J connectivity index is 1.77. The summed E-state index contributed by atoms with van der Waals surface area (Å²) < 4.78 is 72.6. The molecule has 2 aromatic rings. The summed E-state index contributed by atoms with van der Waals surface area (Å²) >= 11 is 4.78. The summed E-state index contributed by atoms with van der Waals surface area (Å²) in [6.07, 6.45) is 5.34. The van der Waals surface area contributed by atoms with E-state index < -0.39 is 82.0 Å². The molecule has 0 bridgehead atoms. The van der Waals surface area contributed by atoms with E-state index >= 15 is 0 Å². The minimum atomic E-state index is -4.75. The molecule has 0 spiro atoms. The zero-order valence-electron chi connectivity index (χ0n) is 23.9. The summed E-state index contributed by atoms with van der Waals surface area (Å²) in [5, 5.41) is 8.60. The number of carboxylic acids is 1. The molecule has 0 aliphatic carbocycles. The summed E-state index contributed by atoms with van der Waals surface area (Å²) in [6, 6.07) is 4.16. The van der Waals surface area contributed by atoms with E-state index in [1.54, 1.807) is 19.1 Å². The number of rotatable bonds is 10. The van der Waals surface area contributed by atoms with Crippen LogP contribution >= 0.6 is 23.6 Å². The predicted molar refractivity (Wildman–Crippen MR) is 172 cm³/mol. The van der Waals surface area contributed by atoms with Crippen molar-refractivity contribution >= 4 is 102 Å². The standard InChI is InChI=1S/C26H27N3O11S4Te/c1-14(6-4-7-19-27(8-5-9-43(34,35)36)17-10-15(2)16(3)11-18(17)45-19)22-24(33)29(13-44(37,38)39)25(42-22)21-23(32)28(12-20(30)31)26(41)40-21/h4,6-7,10-11H,5,8-9,12-13H2,1-3H3,(H,30,31)(H,34,35,36)(H,37,38,39)/b6-4?,19-7?,22-14?,25-21+. The molecule has 0 saturated carbocycles. The maximum atomic E-state index is 13.3. The van der Waals surface area contributed by atoms with Crippen molar-refractivity contribution in [3.63, 3.8) is 0 Å². The number of amides is 1. The van der Waals surface area contributed by atoms with Crippen LogP contribution in [0.5, 0.6) is 0 Å². The van der Waals surface area contributed by atoms with Crippen LogP contribution in [0.25, 0.3) is 11.3 Å². The van der Waals surface area contributed by atoms with E-state index in [4.69, 9.17) is 22.1 Å². The third-order valence-corrected chi connectivity index (χ3v) is 12.8. The Morgan fingerprint density at radius 2 is 1.76 bits per heavy atom. The van der Waals surface area contributed by atoms with Crippen LogP contribution in [0.4, 0.5) is 5.69 Å². The molecule has 45 heavy (non-hydrogen) atoms. The fourth-order valence-corrected chi connectivity index (χ4v) is 10.2. The summed E-state index contributed by atoms with van der Waals surface area (Å²) in [5.41, 5.74) is 2.72. The van der Waals surface area contributed by atoms with E-state index in [0.717, 1.165) is 20.6 Å². The number of hydrogen-bond donors (Lipinski definition) is 3. The number of carbonyl (C=O) groups is 2. The second-order valence-corrected chi connectivity index (χ2v) is 17.4. The van der Waals surface area contributed by atoms with Crippen LogP contribution in [0.2, 0.25) is 0 Å². The number of thiocarbonyl (C=S) groups is 1. The van der Waals surface area contributed by atoms with Gasteiger partial charge in [0.05, 0.1) is 0 Å². The van der Waals surface area contributed by atoms with Crippen molar-refractivity contribution in [1.29, 1.82) is 0 Å². The summed E-state index contributed by atoms with van der Waals surface area (Å²) in [4.78, 5) is 40.0. The molecule has 242 valence electrons. The number of nitrogens with zero attached hydrogens (tertiary/aromatic N) is 3. The van der Waals surface area contributed by atoms with Crippen molar-refractivity contribution in [2.24, 2.45) is 0 Å². The Bertz CT molecular complexity index is 2080. The van der Waals surface area contributed by atoms with Crippen LogP contribution in [0.3, 0.4) is 0 Å². The van der Waals surface area contributed by atoms with Gasteiger partial charge in [-0.1, -0.05) is 0 Å². The topological polar surface area (TPSA) is 201 Å². The molecule has 2 aliphatic heterocycles. The molecule has 0 unspecified atom stereocenters. The Hall–Kier alpha value is -2.89. The van der Waals surface area contributed by atoms with E-state index in [-0.39, 0.29) is 21.4 Å². The summed E-state index contributed by atoms with van der Waals surface area (Å²) in [5.74, 6) is -4.48. The first-order chi connectivity index (χ1) is 20.9. The molecule has 1 saturated heterocycles. The first-order valence-corrected chi connectivity index (χ1v) is 19.7. The SMILES string of the molecule is CC(C=CC=C1[Te]c2cc(C)c(C)cc2N1CCCS(=O)(=O)O)=c1s/c(=C2/OC(=S)N(CC(=O)O)C2=O)n(CS(=O)(=O)O)c1=O. The fourth-order valence-electron chi connectivity index (χ4n) is 4.37. The van der Waals surface area contributed by atoms with Crippen LogP contribution in [0.15, 0.2) is 38.9 Å². The van der Waals surface area contributed by atoms with Crippen molar-refractivity contribution in [2.45, 2.75) is 33.1 Å². The molecule has 3 N–H and O–H groups in total. The van der Waals surface area contributed by atoms with Crippen molar-refractivity contribution in [1.82, 2.24) is 9.47 Å². The van der Waals surface area contributed by atoms with E-state index in [1.807, 2.05) is 30.9 Å². The molecule has 1 fully saturated rings. The van der Waals surface area contributed by atoms with Gasteiger partial charge in [-0.15, -0.1) is 0 Å². The fraction of sp³-hybridized carbons (Fsp3) is 0.308. The monoisotopic (exact) mass is 815 g/mol. The Morgan fingerprint density at radius 1 is 1.09 bits per heavy atom. The van der Waals surface area contributed by atoms with Crippen molar-refractivity contribution in [3.05, 3.63) is 64.8 Å². The van der Waals surface area contributed by atoms with Gasteiger partial charge in [0.25, 0.3) is 0 Å². The van der Waals surface area contributed by atoms with Crippen LogP contribution in [0.1, 0.15) is 24.5 Å². The van der Waals surface area contributed by atoms with E-state index in [2.05, 4.69) is 6.07 Å². The zero-order chi connectivity index (χ0) is 33.4. The number of allylic oxidation sites excluding steroid dienone is 3. The molecule has 0 radical (unpaired) electrons. The normalized spacial score (nSPS) is 18.3. The first kappa shape index (κ1) is 35.0. The van der Waals surface area contributed by atoms with Crippen LogP contribution in [-0.2, 0) is 40.4 Å². The quantitative estimate of drug-likeness (QED) is 0.156. The van der Waals surface area contributed by atoms with E-state index in [9.17, 15) is 40.3 Å². The average Bonchev–Trinajstić information content (AvgIpc) is 3.49. The van der Waals surface area contributed by atoms with Gasteiger partial charge in [0.15, 0.2) is 0 Å². The predicted octanol–water partition coefficient (Wildman–Crippen LogP) is -0.596. The van der Waals surface area contributed by atoms with Gasteiger partial charge < -0.3 is 5.11 Å². The Morgan fingerprint density at radius 3 is 2.38 bits per heavy atom. The summed E-state index contributed by atoms with van der Waals surface area (Å²) in [6.45, 7) is 5.11. The number of carbonyl (C=O) groups excluding carboxylic acids is 1. The van der Waals surface area contributed by atoms with Gasteiger partial charge in [-0.2, -0.15) is 0 Å². The minimum absolute atomic E-state index is 0.0252. The third-order valence-electron chi connectivity index (χ3n) is 6.59. The van der Waals surface area contributed by atoms with Gasteiger partial charge >= 0.3 is 269 Å². The van der Waals surface area contributed by atoms with Gasteiger partial charge in [0, 0.05) is 0 Å². The summed E-state index contributed by atoms with van der Waals surface area (Å²) in [7, 11) is -8.88. The number of hydrogen-bond acceptors (Lipinski definition) is 11. The number of benzene rings is 1. The molecule has 2 aliphatic rings. The van der Waals surface area contributed by atoms with Crippen molar-refractivity contribution in [3.8, 4) is 0 Å². The number of aromatic nitrogens is 1. The zero-order valence-corrected chi connectivity index (χ0v) is 29.5.